The van der Waals surface area contributed by atoms with Gasteiger partial charge in [0.15, 0.2) is 0 Å². The molecule has 1 fully saturated rings. The minimum atomic E-state index is -1.82. The number of nitro benzene ring substituents is 1. The van der Waals surface area contributed by atoms with E-state index in [0.29, 0.717) is 0 Å². The lowest BCUT2D eigenvalue weighted by molar-refractivity contribution is -0.384. The number of hydrogen-bond acceptors (Lipinski definition) is 6. The zero-order chi connectivity index (χ0) is 22.6. The molecule has 3 rings (SSSR count). The molecule has 2 N–H and O–H groups in total. The molecule has 0 aliphatic carbocycles. The highest BCUT2D eigenvalue weighted by atomic mass is 16.6. The second-order valence-corrected chi connectivity index (χ2v) is 6.93. The summed E-state index contributed by atoms with van der Waals surface area (Å²) in [5, 5.41) is 25.7. The molecule has 0 aromatic heterocycles. The van der Waals surface area contributed by atoms with Crippen LogP contribution in [0.2, 0.25) is 0 Å². The molecule has 0 unspecified atom stereocenters. The predicted octanol–water partition coefficient (Wildman–Crippen LogP) is 2.58. The van der Waals surface area contributed by atoms with Gasteiger partial charge in [-0.25, -0.2) is 9.59 Å². The first-order valence-corrected chi connectivity index (χ1v) is 9.71. The fourth-order valence-electron chi connectivity index (χ4n) is 3.06. The molecule has 1 heterocycles. The number of carbonyl (C=O) groups is 2. The maximum Gasteiger partial charge on any atom is 0.414 e. The molecule has 2 aromatic rings. The van der Waals surface area contributed by atoms with Gasteiger partial charge in [0.05, 0.1) is 4.92 Å². The van der Waals surface area contributed by atoms with E-state index in [1.807, 2.05) is 24.3 Å². The summed E-state index contributed by atoms with van der Waals surface area (Å²) < 4.78 is 0. The van der Waals surface area contributed by atoms with Crippen LogP contribution in [0, 0.1) is 10.1 Å². The van der Waals surface area contributed by atoms with Crippen LogP contribution in [0.3, 0.4) is 0 Å². The third-order valence-electron chi connectivity index (χ3n) is 4.65. The summed E-state index contributed by atoms with van der Waals surface area (Å²) in [4.78, 5) is 33.5. The molecule has 2 aromatic carbocycles. The first-order chi connectivity index (χ1) is 14.8. The van der Waals surface area contributed by atoms with Crippen molar-refractivity contribution in [2.75, 3.05) is 32.7 Å². The Morgan fingerprint density at radius 2 is 1.55 bits per heavy atom. The summed E-state index contributed by atoms with van der Waals surface area (Å²) in [6.07, 6.45) is 4.38. The van der Waals surface area contributed by atoms with Crippen molar-refractivity contribution < 1.29 is 24.7 Å². The lowest BCUT2D eigenvalue weighted by atomic mass is 10.1. The summed E-state index contributed by atoms with van der Waals surface area (Å²) in [6.45, 7) is 5.75. The molecule has 9 heteroatoms. The molecule has 0 saturated carbocycles. The van der Waals surface area contributed by atoms with E-state index in [4.69, 9.17) is 19.8 Å². The number of hydrogen-bond donors (Lipinski definition) is 2. The van der Waals surface area contributed by atoms with Crippen molar-refractivity contribution in [1.82, 2.24) is 9.80 Å². The number of nitrogens with zero attached hydrogens (tertiary/aromatic N) is 3. The van der Waals surface area contributed by atoms with Crippen molar-refractivity contribution in [2.24, 2.45) is 0 Å². The first kappa shape index (κ1) is 23.7. The highest BCUT2D eigenvalue weighted by molar-refractivity contribution is 6.27. The minimum absolute atomic E-state index is 0.169. The SMILES string of the molecule is O=C(O)C(=O)O.O=[N+]([O-])c1cccc(CN2CCN(CC=Cc3ccccc3)CC2)c1. The molecule has 0 bridgehead atoms. The third-order valence-corrected chi connectivity index (χ3v) is 4.65. The Balaban J connectivity index is 0.000000501. The molecule has 0 spiro atoms. The molecule has 0 radical (unpaired) electrons. The van der Waals surface area contributed by atoms with E-state index >= 15 is 0 Å². The number of nitro groups is 1. The largest absolute Gasteiger partial charge is 0.473 e. The second-order valence-electron chi connectivity index (χ2n) is 6.93. The molecular formula is C22H25N3O6. The zero-order valence-corrected chi connectivity index (χ0v) is 17.0. The Hall–Kier alpha value is -3.56. The van der Waals surface area contributed by atoms with Gasteiger partial charge in [0.2, 0.25) is 0 Å². The average Bonchev–Trinajstić information content (AvgIpc) is 2.76. The zero-order valence-electron chi connectivity index (χ0n) is 17.0. The maximum absolute atomic E-state index is 10.9. The second kappa shape index (κ2) is 12.2. The maximum atomic E-state index is 10.9. The normalized spacial score (nSPS) is 14.6. The molecule has 0 amide bonds. The number of carboxylic acids is 2. The van der Waals surface area contributed by atoms with E-state index < -0.39 is 11.9 Å². The molecule has 9 nitrogen and oxygen atoms in total. The molecular weight excluding hydrogens is 402 g/mol. The van der Waals surface area contributed by atoms with Crippen LogP contribution in [-0.2, 0) is 16.1 Å². The number of non-ortho nitro benzene ring substituents is 1. The molecule has 0 atom stereocenters. The van der Waals surface area contributed by atoms with E-state index in [0.717, 1.165) is 44.8 Å². The van der Waals surface area contributed by atoms with Gasteiger partial charge in [0.25, 0.3) is 5.69 Å². The average molecular weight is 427 g/mol. The molecule has 1 saturated heterocycles. The van der Waals surface area contributed by atoms with Gasteiger partial charge in [-0.3, -0.25) is 19.9 Å². The molecule has 1 aliphatic heterocycles. The van der Waals surface area contributed by atoms with E-state index in [1.165, 1.54) is 5.56 Å². The van der Waals surface area contributed by atoms with Gasteiger partial charge in [-0.05, 0) is 11.1 Å². The van der Waals surface area contributed by atoms with Gasteiger partial charge in [0, 0.05) is 51.4 Å². The van der Waals surface area contributed by atoms with Crippen molar-refractivity contribution >= 4 is 23.7 Å². The van der Waals surface area contributed by atoms with Gasteiger partial charge in [-0.1, -0.05) is 54.6 Å². The van der Waals surface area contributed by atoms with Crippen molar-refractivity contribution in [3.63, 3.8) is 0 Å². The fourth-order valence-corrected chi connectivity index (χ4v) is 3.06. The summed E-state index contributed by atoms with van der Waals surface area (Å²) in [7, 11) is 0. The van der Waals surface area contributed by atoms with Crippen LogP contribution in [0.1, 0.15) is 11.1 Å². The number of benzene rings is 2. The van der Waals surface area contributed by atoms with Gasteiger partial charge in [-0.2, -0.15) is 0 Å². The fraction of sp³-hybridized carbons (Fsp3) is 0.273. The predicted molar refractivity (Wildman–Crippen MR) is 116 cm³/mol. The third kappa shape index (κ3) is 8.77. The number of piperazine rings is 1. The van der Waals surface area contributed by atoms with Crippen molar-refractivity contribution in [3.8, 4) is 0 Å². The van der Waals surface area contributed by atoms with Crippen LogP contribution in [-0.4, -0.2) is 69.6 Å². The Morgan fingerprint density at radius 1 is 0.935 bits per heavy atom. The van der Waals surface area contributed by atoms with E-state index in [-0.39, 0.29) is 10.6 Å². The Kier molecular flexibility index (Phi) is 9.34. The standard InChI is InChI=1S/C20H23N3O2.C2H2O4/c24-23(25)20-10-4-8-19(16-20)17-22-14-12-21(13-15-22)11-5-9-18-6-2-1-3-7-18;3-1(4)2(5)6/h1-10,16H,11-15,17H2;(H,3,4)(H,5,6). The van der Waals surface area contributed by atoms with E-state index in [9.17, 15) is 10.1 Å². The van der Waals surface area contributed by atoms with Crippen molar-refractivity contribution in [2.45, 2.75) is 6.54 Å². The minimum Gasteiger partial charge on any atom is -0.473 e. The van der Waals surface area contributed by atoms with Gasteiger partial charge in [0.1, 0.15) is 0 Å². The lowest BCUT2D eigenvalue weighted by Gasteiger charge is -2.34. The van der Waals surface area contributed by atoms with Crippen LogP contribution < -0.4 is 0 Å². The number of aliphatic carboxylic acids is 2. The Bertz CT molecular complexity index is 896. The number of carboxylic acid groups (broad SMARTS) is 2. The van der Waals surface area contributed by atoms with Crippen LogP contribution >= 0.6 is 0 Å². The summed E-state index contributed by atoms with van der Waals surface area (Å²) in [5.41, 5.74) is 2.40. The van der Waals surface area contributed by atoms with Gasteiger partial charge >= 0.3 is 11.9 Å². The van der Waals surface area contributed by atoms with Crippen molar-refractivity contribution in [1.29, 1.82) is 0 Å². The van der Waals surface area contributed by atoms with E-state index in [1.54, 1.807) is 18.2 Å². The van der Waals surface area contributed by atoms with Crippen molar-refractivity contribution in [3.05, 3.63) is 81.9 Å². The van der Waals surface area contributed by atoms with E-state index in [2.05, 4.69) is 34.1 Å². The highest BCUT2D eigenvalue weighted by Gasteiger charge is 2.16. The summed E-state index contributed by atoms with van der Waals surface area (Å²) >= 11 is 0. The number of rotatable bonds is 6. The first-order valence-electron chi connectivity index (χ1n) is 9.71. The van der Waals surface area contributed by atoms with Gasteiger partial charge in [-0.15, -0.1) is 0 Å². The monoisotopic (exact) mass is 427 g/mol. The van der Waals surface area contributed by atoms with Gasteiger partial charge < -0.3 is 10.2 Å². The van der Waals surface area contributed by atoms with Crippen LogP contribution in [0.5, 0.6) is 0 Å². The highest BCUT2D eigenvalue weighted by Crippen LogP contribution is 2.15. The van der Waals surface area contributed by atoms with Crippen LogP contribution in [0.15, 0.2) is 60.7 Å². The summed E-state index contributed by atoms with van der Waals surface area (Å²) in [5.74, 6) is -3.65. The summed E-state index contributed by atoms with van der Waals surface area (Å²) in [6, 6.07) is 17.3. The van der Waals surface area contributed by atoms with Crippen LogP contribution in [0.25, 0.3) is 6.08 Å². The quantitative estimate of drug-likeness (QED) is 0.409. The topological polar surface area (TPSA) is 124 Å². The molecule has 31 heavy (non-hydrogen) atoms. The van der Waals surface area contributed by atoms with Crippen LogP contribution in [0.4, 0.5) is 5.69 Å². The Labute approximate surface area is 180 Å². The smallest absolute Gasteiger partial charge is 0.414 e. The molecule has 1 aliphatic rings. The lowest BCUT2D eigenvalue weighted by Crippen LogP contribution is -2.45. The Morgan fingerprint density at radius 3 is 2.13 bits per heavy atom. The molecule has 164 valence electrons.